The summed E-state index contributed by atoms with van der Waals surface area (Å²) in [5.74, 6) is -0.750. The van der Waals surface area contributed by atoms with Crippen LogP contribution in [0, 0.1) is 5.82 Å². The van der Waals surface area contributed by atoms with E-state index in [-0.39, 0.29) is 16.5 Å². The minimum absolute atomic E-state index is 0.244. The van der Waals surface area contributed by atoms with Gasteiger partial charge in [-0.25, -0.2) is 9.37 Å². The van der Waals surface area contributed by atoms with Gasteiger partial charge < -0.3 is 18.8 Å². The van der Waals surface area contributed by atoms with Gasteiger partial charge in [-0.15, -0.1) is 0 Å². The number of carbonyl (C=O) groups is 1. The average molecular weight is 553 g/mol. The van der Waals surface area contributed by atoms with E-state index in [9.17, 15) is 4.79 Å². The Morgan fingerprint density at radius 2 is 1.87 bits per heavy atom. The van der Waals surface area contributed by atoms with Crippen molar-refractivity contribution in [3.63, 3.8) is 0 Å². The molecule has 2 aliphatic heterocycles. The van der Waals surface area contributed by atoms with Crippen LogP contribution in [0.3, 0.4) is 0 Å². The number of nitrogens with zero attached hydrogens (tertiary/aromatic N) is 4. The molecule has 10 heteroatoms. The molecule has 0 saturated carbocycles. The summed E-state index contributed by atoms with van der Waals surface area (Å²) in [5.41, 5.74) is 3.62. The van der Waals surface area contributed by atoms with Gasteiger partial charge in [0.05, 0.1) is 16.2 Å². The Balaban J connectivity index is 1.35. The highest BCUT2D eigenvalue weighted by Crippen LogP contribution is 2.37. The van der Waals surface area contributed by atoms with Crippen LogP contribution in [-0.2, 0) is 22.9 Å². The highest BCUT2D eigenvalue weighted by atomic mass is 35.5. The minimum atomic E-state index is -0.470. The third-order valence-corrected chi connectivity index (χ3v) is 8.56. The molecular weight excluding hydrogens is 518 g/mol. The number of hydrogen-bond acceptors (Lipinski definition) is 5. The molecule has 206 valence electrons. The fraction of sp³-hybridized carbons (Fsp3) is 0.448. The van der Waals surface area contributed by atoms with Crippen molar-refractivity contribution in [1.82, 2.24) is 19.4 Å². The van der Waals surface area contributed by atoms with Crippen molar-refractivity contribution in [3.05, 3.63) is 64.2 Å². The van der Waals surface area contributed by atoms with Crippen LogP contribution in [0.5, 0.6) is 0 Å². The van der Waals surface area contributed by atoms with Crippen molar-refractivity contribution >= 4 is 46.7 Å². The number of aryl methyl sites for hydroxylation is 1. The van der Waals surface area contributed by atoms with Crippen molar-refractivity contribution < 1.29 is 18.5 Å². The molecule has 2 aromatic heterocycles. The highest BCUT2D eigenvalue weighted by molar-refractivity contribution is 6.65. The fourth-order valence-corrected chi connectivity index (χ4v) is 5.52. The Morgan fingerprint density at radius 1 is 1.18 bits per heavy atom. The van der Waals surface area contributed by atoms with Crippen LogP contribution in [0.2, 0.25) is 5.02 Å². The second-order valence-electron chi connectivity index (χ2n) is 11.6. The number of aromatic nitrogens is 2. The molecule has 5 rings (SSSR count). The van der Waals surface area contributed by atoms with Crippen LogP contribution in [0.25, 0.3) is 16.6 Å². The Bertz CT molecular complexity index is 1440. The number of amides is 1. The molecule has 1 saturated heterocycles. The van der Waals surface area contributed by atoms with Crippen LogP contribution in [-0.4, -0.2) is 70.8 Å². The second kappa shape index (κ2) is 10.0. The molecule has 3 aromatic rings. The van der Waals surface area contributed by atoms with E-state index in [4.69, 9.17) is 20.9 Å². The van der Waals surface area contributed by atoms with Crippen LogP contribution in [0.4, 0.5) is 4.39 Å². The molecule has 0 spiro atoms. The lowest BCUT2D eigenvalue weighted by molar-refractivity contribution is 0.00578. The summed E-state index contributed by atoms with van der Waals surface area (Å²) in [4.78, 5) is 20.6. The summed E-state index contributed by atoms with van der Waals surface area (Å²) in [6, 6.07) is 6.96. The lowest BCUT2D eigenvalue weighted by Crippen LogP contribution is -2.41. The molecule has 0 N–H and O–H groups in total. The lowest BCUT2D eigenvalue weighted by atomic mass is 9.78. The summed E-state index contributed by atoms with van der Waals surface area (Å²) < 4.78 is 29.8. The van der Waals surface area contributed by atoms with Gasteiger partial charge in [0.15, 0.2) is 0 Å². The monoisotopic (exact) mass is 552 g/mol. The number of rotatable bonds is 5. The normalized spacial score (nSPS) is 19.0. The number of benzene rings is 1. The molecular formula is C29H35BClFN4O3. The van der Waals surface area contributed by atoms with E-state index < -0.39 is 24.1 Å². The maximum atomic E-state index is 15.1. The molecule has 7 nitrogen and oxygen atoms in total. The van der Waals surface area contributed by atoms with Gasteiger partial charge in [-0.2, -0.15) is 0 Å². The largest absolute Gasteiger partial charge is 0.495 e. The van der Waals surface area contributed by atoms with Gasteiger partial charge in [0.25, 0.3) is 5.91 Å². The van der Waals surface area contributed by atoms with E-state index in [0.717, 1.165) is 34.3 Å². The summed E-state index contributed by atoms with van der Waals surface area (Å²) in [7, 11) is 4.82. The maximum absolute atomic E-state index is 15.1. The molecule has 0 atom stereocenters. The van der Waals surface area contributed by atoms with E-state index in [1.54, 1.807) is 26.4 Å². The first-order chi connectivity index (χ1) is 18.3. The summed E-state index contributed by atoms with van der Waals surface area (Å²) in [6.07, 6.45) is 4.48. The van der Waals surface area contributed by atoms with Gasteiger partial charge in [0, 0.05) is 69.2 Å². The molecule has 1 fully saturated rings. The van der Waals surface area contributed by atoms with E-state index in [2.05, 4.69) is 48.2 Å². The van der Waals surface area contributed by atoms with E-state index >= 15 is 4.39 Å². The number of pyridine rings is 1. The quantitative estimate of drug-likeness (QED) is 0.431. The maximum Gasteiger partial charge on any atom is 0.495 e. The van der Waals surface area contributed by atoms with E-state index in [0.29, 0.717) is 25.1 Å². The van der Waals surface area contributed by atoms with Crippen LogP contribution in [0.15, 0.2) is 36.5 Å². The molecule has 0 radical (unpaired) electrons. The van der Waals surface area contributed by atoms with Gasteiger partial charge in [-0.3, -0.25) is 9.69 Å². The molecule has 39 heavy (non-hydrogen) atoms. The molecule has 0 aliphatic carbocycles. The summed E-state index contributed by atoms with van der Waals surface area (Å²) in [6.45, 7) is 10.3. The SMILES string of the molecule is CN(C)C(=O)c1cc(F)c(C2=CCN(Cc3cc4c(B5OC(C)(C)C(C)(C)O5)ccnc4n3C)CC2)c(Cl)c1. The van der Waals surface area contributed by atoms with Crippen molar-refractivity contribution in [2.24, 2.45) is 7.05 Å². The Labute approximate surface area is 234 Å². The van der Waals surface area contributed by atoms with Gasteiger partial charge in [-0.1, -0.05) is 17.7 Å². The number of halogens is 2. The molecule has 4 heterocycles. The molecule has 0 unspecified atom stereocenters. The number of hydrogen-bond donors (Lipinski definition) is 0. The topological polar surface area (TPSA) is 59.8 Å². The van der Waals surface area contributed by atoms with Crippen LogP contribution < -0.4 is 5.46 Å². The van der Waals surface area contributed by atoms with Crippen LogP contribution >= 0.6 is 11.6 Å². The van der Waals surface area contributed by atoms with Gasteiger partial charge >= 0.3 is 7.12 Å². The smallest absolute Gasteiger partial charge is 0.399 e. The average Bonchev–Trinajstić information content (AvgIpc) is 3.29. The zero-order valence-corrected chi connectivity index (χ0v) is 24.4. The Hall–Kier alpha value is -2.72. The second-order valence-corrected chi connectivity index (χ2v) is 12.1. The number of fused-ring (bicyclic) bond motifs is 1. The van der Waals surface area contributed by atoms with Crippen molar-refractivity contribution in [3.8, 4) is 0 Å². The van der Waals surface area contributed by atoms with E-state index in [1.165, 1.54) is 11.0 Å². The Morgan fingerprint density at radius 3 is 2.46 bits per heavy atom. The summed E-state index contributed by atoms with van der Waals surface area (Å²) in [5, 5.41) is 1.28. The third-order valence-electron chi connectivity index (χ3n) is 8.26. The first-order valence-corrected chi connectivity index (χ1v) is 13.6. The third kappa shape index (κ3) is 5.02. The standard InChI is InChI=1S/C29H35BClFN4O3/c1-28(2)29(3,4)39-30(38-28)22-8-11-33-26-21(22)16-20(35(26)7)17-36-12-9-18(10-13-36)25-23(31)14-19(15-24(25)32)27(37)34(5)6/h8-9,11,14-16H,10,12-13,17H2,1-7H3. The zero-order valence-electron chi connectivity index (χ0n) is 23.6. The van der Waals surface area contributed by atoms with Crippen molar-refractivity contribution in [2.75, 3.05) is 27.2 Å². The summed E-state index contributed by atoms with van der Waals surface area (Å²) >= 11 is 6.46. The predicted molar refractivity (Wildman–Crippen MR) is 154 cm³/mol. The number of carbonyl (C=O) groups excluding carboxylic acids is 1. The molecule has 2 aliphatic rings. The van der Waals surface area contributed by atoms with Gasteiger partial charge in [0.2, 0.25) is 0 Å². The van der Waals surface area contributed by atoms with Crippen molar-refractivity contribution in [2.45, 2.75) is 51.9 Å². The van der Waals surface area contributed by atoms with Crippen molar-refractivity contribution in [1.29, 1.82) is 0 Å². The van der Waals surface area contributed by atoms with E-state index in [1.807, 2.05) is 19.2 Å². The Kier molecular flexibility index (Phi) is 7.16. The first-order valence-electron chi connectivity index (χ1n) is 13.2. The predicted octanol–water partition coefficient (Wildman–Crippen LogP) is 4.66. The molecule has 0 bridgehead atoms. The zero-order chi connectivity index (χ0) is 28.3. The highest BCUT2D eigenvalue weighted by Gasteiger charge is 2.52. The lowest BCUT2D eigenvalue weighted by Gasteiger charge is -2.32. The molecule has 1 amide bonds. The minimum Gasteiger partial charge on any atom is -0.399 e. The fourth-order valence-electron chi connectivity index (χ4n) is 5.19. The van der Waals surface area contributed by atoms with Gasteiger partial charge in [-0.05, 0) is 69.4 Å². The molecule has 1 aromatic carbocycles. The van der Waals surface area contributed by atoms with Gasteiger partial charge in [0.1, 0.15) is 11.5 Å². The first kappa shape index (κ1) is 27.8. The van der Waals surface area contributed by atoms with Crippen LogP contribution in [0.1, 0.15) is 55.7 Å².